The molecule has 6 heteroatoms. The molecule has 0 aliphatic rings. The van der Waals surface area contributed by atoms with Crippen molar-refractivity contribution in [1.82, 2.24) is 0 Å². The van der Waals surface area contributed by atoms with Crippen molar-refractivity contribution in [3.05, 3.63) is 29.6 Å². The molecule has 0 bridgehead atoms. The van der Waals surface area contributed by atoms with Gasteiger partial charge in [0.25, 0.3) is 0 Å². The molecule has 1 aromatic rings. The van der Waals surface area contributed by atoms with E-state index in [1.54, 1.807) is 0 Å². The molecule has 0 atom stereocenters. The van der Waals surface area contributed by atoms with E-state index in [0.29, 0.717) is 12.1 Å². The van der Waals surface area contributed by atoms with E-state index >= 15 is 0 Å². The summed E-state index contributed by atoms with van der Waals surface area (Å²) in [5.41, 5.74) is 4.46. The predicted octanol–water partition coefficient (Wildman–Crippen LogP) is 1.00. The van der Waals surface area contributed by atoms with E-state index in [1.165, 1.54) is 0 Å². The van der Waals surface area contributed by atoms with Crippen LogP contribution in [0, 0.1) is 17.5 Å². The first-order valence-electron chi connectivity index (χ1n) is 3.67. The largest absolute Gasteiger partial charge is 0.374 e. The van der Waals surface area contributed by atoms with Crippen molar-refractivity contribution in [2.24, 2.45) is 5.73 Å². The summed E-state index contributed by atoms with van der Waals surface area (Å²) in [5.74, 6) is -4.19. The van der Waals surface area contributed by atoms with Crippen LogP contribution in [0.1, 0.15) is 0 Å². The van der Waals surface area contributed by atoms with Gasteiger partial charge in [-0.15, -0.1) is 0 Å². The van der Waals surface area contributed by atoms with Gasteiger partial charge in [-0.2, -0.15) is 0 Å². The van der Waals surface area contributed by atoms with Gasteiger partial charge in [0.1, 0.15) is 5.82 Å². The Balaban J connectivity index is 2.87. The van der Waals surface area contributed by atoms with Crippen LogP contribution in [-0.2, 0) is 4.79 Å². The van der Waals surface area contributed by atoms with Crippen molar-refractivity contribution < 1.29 is 18.0 Å². The smallest absolute Gasteiger partial charge is 0.236 e. The molecule has 1 rings (SSSR count). The number of nitrogens with one attached hydrogen (secondary N) is 1. The summed E-state index contributed by atoms with van der Waals surface area (Å²) in [4.78, 5) is 10.3. The zero-order valence-electron chi connectivity index (χ0n) is 6.98. The van der Waals surface area contributed by atoms with Crippen molar-refractivity contribution in [2.45, 2.75) is 0 Å². The molecule has 1 amide bonds. The predicted molar refractivity (Wildman–Crippen MR) is 44.0 cm³/mol. The number of amides is 1. The van der Waals surface area contributed by atoms with Gasteiger partial charge in [0.2, 0.25) is 5.91 Å². The molecule has 0 unspecified atom stereocenters. The number of carbonyl (C=O) groups is 1. The molecule has 3 nitrogen and oxygen atoms in total. The number of anilines is 1. The van der Waals surface area contributed by atoms with Crippen LogP contribution in [0.2, 0.25) is 0 Å². The molecule has 0 saturated carbocycles. The fourth-order valence-electron chi connectivity index (χ4n) is 0.840. The number of halogens is 3. The molecular weight excluding hydrogens is 197 g/mol. The van der Waals surface area contributed by atoms with Gasteiger partial charge in [-0.3, -0.25) is 4.79 Å². The van der Waals surface area contributed by atoms with Gasteiger partial charge in [0.05, 0.1) is 12.2 Å². The van der Waals surface area contributed by atoms with Gasteiger partial charge in [0.15, 0.2) is 11.6 Å². The van der Waals surface area contributed by atoms with Crippen LogP contribution in [0.25, 0.3) is 0 Å². The van der Waals surface area contributed by atoms with Gasteiger partial charge in [-0.25, -0.2) is 13.2 Å². The standard InChI is InChI=1S/C8H7F3N2O/c9-4-1-6(11)7(2-5(4)10)13-3-8(12)14/h1-2,13H,3H2,(H2,12,14). The van der Waals surface area contributed by atoms with Gasteiger partial charge in [-0.1, -0.05) is 0 Å². The van der Waals surface area contributed by atoms with Crippen LogP contribution in [-0.4, -0.2) is 12.5 Å². The first-order valence-corrected chi connectivity index (χ1v) is 3.67. The minimum absolute atomic E-state index is 0.303. The minimum Gasteiger partial charge on any atom is -0.374 e. The number of hydrogen-bond acceptors (Lipinski definition) is 2. The summed E-state index contributed by atoms with van der Waals surface area (Å²) in [6.45, 7) is -0.345. The number of primary amides is 1. The molecule has 0 radical (unpaired) electrons. The van der Waals surface area contributed by atoms with E-state index in [4.69, 9.17) is 5.73 Å². The van der Waals surface area contributed by atoms with Gasteiger partial charge in [-0.05, 0) is 0 Å². The quantitative estimate of drug-likeness (QED) is 0.721. The molecule has 0 saturated heterocycles. The Morgan fingerprint density at radius 1 is 1.21 bits per heavy atom. The first kappa shape index (κ1) is 10.4. The third-order valence-electron chi connectivity index (χ3n) is 1.46. The van der Waals surface area contributed by atoms with Crippen LogP contribution in [0.15, 0.2) is 12.1 Å². The zero-order valence-corrected chi connectivity index (χ0v) is 6.98. The van der Waals surface area contributed by atoms with E-state index in [2.05, 4.69) is 5.32 Å². The topological polar surface area (TPSA) is 55.1 Å². The fourth-order valence-corrected chi connectivity index (χ4v) is 0.840. The van der Waals surface area contributed by atoms with E-state index in [-0.39, 0.29) is 12.2 Å². The molecule has 0 aliphatic heterocycles. The lowest BCUT2D eigenvalue weighted by molar-refractivity contribution is -0.116. The number of rotatable bonds is 3. The van der Waals surface area contributed by atoms with Crippen LogP contribution in [0.4, 0.5) is 18.9 Å². The summed E-state index contributed by atoms with van der Waals surface area (Å²) < 4.78 is 37.9. The molecule has 0 fully saturated rings. The highest BCUT2D eigenvalue weighted by Crippen LogP contribution is 2.17. The minimum atomic E-state index is -1.29. The van der Waals surface area contributed by atoms with E-state index in [1.807, 2.05) is 0 Å². The van der Waals surface area contributed by atoms with Crippen LogP contribution in [0.5, 0.6) is 0 Å². The van der Waals surface area contributed by atoms with Crippen molar-refractivity contribution in [1.29, 1.82) is 0 Å². The monoisotopic (exact) mass is 204 g/mol. The first-order chi connectivity index (χ1) is 6.50. The maximum absolute atomic E-state index is 12.9. The summed E-state index contributed by atoms with van der Waals surface area (Å²) in [5, 5.41) is 2.22. The number of hydrogen-bond donors (Lipinski definition) is 2. The molecule has 76 valence electrons. The highest BCUT2D eigenvalue weighted by molar-refractivity contribution is 5.78. The fraction of sp³-hybridized carbons (Fsp3) is 0.125. The van der Waals surface area contributed by atoms with E-state index in [0.717, 1.165) is 0 Å². The van der Waals surface area contributed by atoms with Crippen molar-refractivity contribution >= 4 is 11.6 Å². The average Bonchev–Trinajstić information content (AvgIpc) is 2.09. The molecule has 0 spiro atoms. The Morgan fingerprint density at radius 2 is 1.79 bits per heavy atom. The molecule has 0 aliphatic carbocycles. The van der Waals surface area contributed by atoms with E-state index in [9.17, 15) is 18.0 Å². The third-order valence-corrected chi connectivity index (χ3v) is 1.46. The number of nitrogens with two attached hydrogens (primary N) is 1. The summed E-state index contributed by atoms with van der Waals surface area (Å²) in [7, 11) is 0. The van der Waals surface area contributed by atoms with Gasteiger partial charge < -0.3 is 11.1 Å². The summed E-state index contributed by atoms with van der Waals surface area (Å²) >= 11 is 0. The maximum atomic E-state index is 12.9. The van der Waals surface area contributed by atoms with Crippen LogP contribution < -0.4 is 11.1 Å². The normalized spacial score (nSPS) is 9.93. The second-order valence-electron chi connectivity index (χ2n) is 2.57. The Morgan fingerprint density at radius 3 is 2.36 bits per heavy atom. The lowest BCUT2D eigenvalue weighted by Crippen LogP contribution is -2.22. The van der Waals surface area contributed by atoms with Gasteiger partial charge >= 0.3 is 0 Å². The molecule has 1 aromatic carbocycles. The van der Waals surface area contributed by atoms with Crippen molar-refractivity contribution in [3.8, 4) is 0 Å². The second kappa shape index (κ2) is 3.99. The van der Waals surface area contributed by atoms with Crippen LogP contribution in [0.3, 0.4) is 0 Å². The van der Waals surface area contributed by atoms with Crippen LogP contribution >= 0.6 is 0 Å². The van der Waals surface area contributed by atoms with Gasteiger partial charge in [0, 0.05) is 12.1 Å². The molecular formula is C8H7F3N2O. The maximum Gasteiger partial charge on any atom is 0.236 e. The second-order valence-corrected chi connectivity index (χ2v) is 2.57. The number of carbonyl (C=O) groups excluding carboxylic acids is 1. The van der Waals surface area contributed by atoms with Crippen molar-refractivity contribution in [3.63, 3.8) is 0 Å². The SMILES string of the molecule is NC(=O)CNc1cc(F)c(F)cc1F. The molecule has 0 aromatic heterocycles. The summed E-state index contributed by atoms with van der Waals surface area (Å²) in [6.07, 6.45) is 0. The van der Waals surface area contributed by atoms with E-state index < -0.39 is 23.4 Å². The molecule has 14 heavy (non-hydrogen) atoms. The molecule has 3 N–H and O–H groups in total. The highest BCUT2D eigenvalue weighted by Gasteiger charge is 2.09. The number of benzene rings is 1. The lowest BCUT2D eigenvalue weighted by atomic mass is 10.3. The Hall–Kier alpha value is -1.72. The zero-order chi connectivity index (χ0) is 10.7. The third kappa shape index (κ3) is 2.38. The molecule has 0 heterocycles. The summed E-state index contributed by atoms with van der Waals surface area (Å²) in [6, 6.07) is 1.01. The highest BCUT2D eigenvalue weighted by atomic mass is 19.2. The lowest BCUT2D eigenvalue weighted by Gasteiger charge is -2.05. The Labute approximate surface area is 77.7 Å². The average molecular weight is 204 g/mol. The Kier molecular flexibility index (Phi) is 2.95. The van der Waals surface area contributed by atoms with Crippen molar-refractivity contribution in [2.75, 3.05) is 11.9 Å². The Bertz CT molecular complexity index is 368.